The number of alkyl halides is 1. The number of nitrogens with one attached hydrogen (secondary N) is 1. The van der Waals surface area contributed by atoms with Crippen molar-refractivity contribution in [3.63, 3.8) is 0 Å². The maximum Gasteiger partial charge on any atom is 0.241 e. The maximum atomic E-state index is 12.5. The van der Waals surface area contributed by atoms with E-state index in [4.69, 9.17) is 16.9 Å². The number of benzene rings is 1. The first-order valence-corrected chi connectivity index (χ1v) is 8.53. The van der Waals surface area contributed by atoms with Gasteiger partial charge in [-0.1, -0.05) is 18.9 Å². The minimum Gasteiger partial charge on any atom is -0.207 e. The molecule has 20 heavy (non-hydrogen) atoms. The zero-order chi connectivity index (χ0) is 14.8. The second-order valence-corrected chi connectivity index (χ2v) is 7.36. The predicted molar refractivity (Wildman–Crippen MR) is 78.1 cm³/mol. The first-order chi connectivity index (χ1) is 9.44. The summed E-state index contributed by atoms with van der Waals surface area (Å²) >= 11 is 6.20. The Bertz CT molecular complexity index is 637. The first kappa shape index (κ1) is 15.3. The van der Waals surface area contributed by atoms with E-state index in [0.717, 1.165) is 25.7 Å². The Kier molecular flexibility index (Phi) is 4.69. The predicted octanol–water partition coefficient (Wildman–Crippen LogP) is 2.70. The highest BCUT2D eigenvalue weighted by Gasteiger charge is 2.28. The molecule has 0 radical (unpaired) electrons. The first-order valence-electron chi connectivity index (χ1n) is 6.61. The van der Waals surface area contributed by atoms with Crippen molar-refractivity contribution in [3.8, 4) is 6.07 Å². The van der Waals surface area contributed by atoms with Crippen LogP contribution in [0.3, 0.4) is 0 Å². The fourth-order valence-electron chi connectivity index (χ4n) is 2.44. The van der Waals surface area contributed by atoms with Crippen molar-refractivity contribution in [2.45, 2.75) is 48.9 Å². The van der Waals surface area contributed by atoms with Gasteiger partial charge < -0.3 is 0 Å². The van der Waals surface area contributed by atoms with Gasteiger partial charge in [0, 0.05) is 11.4 Å². The molecule has 0 saturated heterocycles. The molecule has 1 aromatic carbocycles. The highest BCUT2D eigenvalue weighted by Crippen LogP contribution is 2.25. The normalized spacial score (nSPS) is 23.2. The molecule has 0 spiro atoms. The highest BCUT2D eigenvalue weighted by molar-refractivity contribution is 7.89. The zero-order valence-electron chi connectivity index (χ0n) is 11.3. The molecular formula is C14H17ClN2O2S. The Labute approximate surface area is 124 Å². The second-order valence-electron chi connectivity index (χ2n) is 5.12. The van der Waals surface area contributed by atoms with Crippen LogP contribution in [0.2, 0.25) is 0 Å². The van der Waals surface area contributed by atoms with Crippen molar-refractivity contribution in [1.82, 2.24) is 4.72 Å². The third kappa shape index (κ3) is 3.32. The molecule has 1 aliphatic rings. The number of hydrogen-bond acceptors (Lipinski definition) is 3. The van der Waals surface area contributed by atoms with Crippen LogP contribution in [0.1, 0.15) is 36.8 Å². The van der Waals surface area contributed by atoms with E-state index in [1.165, 1.54) is 6.07 Å². The van der Waals surface area contributed by atoms with Crippen molar-refractivity contribution >= 4 is 21.6 Å². The van der Waals surface area contributed by atoms with Crippen molar-refractivity contribution in [3.05, 3.63) is 29.3 Å². The monoisotopic (exact) mass is 312 g/mol. The molecule has 108 valence electrons. The van der Waals surface area contributed by atoms with Crippen LogP contribution in [0, 0.1) is 18.3 Å². The van der Waals surface area contributed by atoms with Gasteiger partial charge in [0.15, 0.2) is 0 Å². The van der Waals surface area contributed by atoms with E-state index in [9.17, 15) is 8.42 Å². The largest absolute Gasteiger partial charge is 0.241 e. The summed E-state index contributed by atoms with van der Waals surface area (Å²) in [4.78, 5) is 0.158. The van der Waals surface area contributed by atoms with Crippen LogP contribution >= 0.6 is 11.6 Å². The lowest BCUT2D eigenvalue weighted by Gasteiger charge is -2.27. The van der Waals surface area contributed by atoms with Gasteiger partial charge in [-0.15, -0.1) is 11.6 Å². The van der Waals surface area contributed by atoms with E-state index in [1.54, 1.807) is 19.1 Å². The Morgan fingerprint density at radius 1 is 1.35 bits per heavy atom. The lowest BCUT2D eigenvalue weighted by Crippen LogP contribution is -2.42. The maximum absolute atomic E-state index is 12.5. The van der Waals surface area contributed by atoms with E-state index in [-0.39, 0.29) is 16.3 Å². The third-order valence-electron chi connectivity index (χ3n) is 3.59. The van der Waals surface area contributed by atoms with Gasteiger partial charge in [-0.3, -0.25) is 0 Å². The average Bonchev–Trinajstić information content (AvgIpc) is 2.41. The standard InChI is InChI=1S/C14H17ClN2O2S/c1-10-6-7-11(9-16)8-14(10)20(18,19)17-13-5-3-2-4-12(13)15/h6-8,12-13,17H,2-5H2,1H3. The topological polar surface area (TPSA) is 70.0 Å². The second kappa shape index (κ2) is 6.13. The van der Waals surface area contributed by atoms with E-state index in [2.05, 4.69) is 4.72 Å². The summed E-state index contributed by atoms with van der Waals surface area (Å²) in [5.74, 6) is 0. The van der Waals surface area contributed by atoms with Gasteiger partial charge in [0.05, 0.1) is 16.5 Å². The molecule has 2 unspecified atom stereocenters. The molecule has 1 fully saturated rings. The average molecular weight is 313 g/mol. The van der Waals surface area contributed by atoms with Gasteiger partial charge in [0.2, 0.25) is 10.0 Å². The number of aryl methyl sites for hydroxylation is 1. The molecule has 0 bridgehead atoms. The Balaban J connectivity index is 2.28. The molecule has 6 heteroatoms. The van der Waals surface area contributed by atoms with E-state index < -0.39 is 10.0 Å². The fraction of sp³-hybridized carbons (Fsp3) is 0.500. The molecule has 0 aliphatic heterocycles. The van der Waals surface area contributed by atoms with Crippen LogP contribution in [0.15, 0.2) is 23.1 Å². The van der Waals surface area contributed by atoms with Crippen molar-refractivity contribution < 1.29 is 8.42 Å². The zero-order valence-corrected chi connectivity index (χ0v) is 12.8. The van der Waals surface area contributed by atoms with Gasteiger partial charge in [-0.25, -0.2) is 13.1 Å². The SMILES string of the molecule is Cc1ccc(C#N)cc1S(=O)(=O)NC1CCCCC1Cl. The van der Waals surface area contributed by atoms with Gasteiger partial charge in [-0.2, -0.15) is 5.26 Å². The van der Waals surface area contributed by atoms with Gasteiger partial charge in [0.1, 0.15) is 0 Å². The van der Waals surface area contributed by atoms with Gasteiger partial charge in [-0.05, 0) is 37.5 Å². The Morgan fingerprint density at radius 3 is 2.70 bits per heavy atom. The summed E-state index contributed by atoms with van der Waals surface area (Å²) in [6, 6.07) is 6.39. The number of halogens is 1. The molecule has 2 atom stereocenters. The van der Waals surface area contributed by atoms with Crippen LogP contribution < -0.4 is 4.72 Å². The highest BCUT2D eigenvalue weighted by atomic mass is 35.5. The fourth-order valence-corrected chi connectivity index (χ4v) is 4.44. The lowest BCUT2D eigenvalue weighted by molar-refractivity contribution is 0.418. The molecular weight excluding hydrogens is 296 g/mol. The molecule has 1 aromatic rings. The van der Waals surface area contributed by atoms with Crippen LogP contribution in [0.4, 0.5) is 0 Å². The molecule has 2 rings (SSSR count). The van der Waals surface area contributed by atoms with Crippen molar-refractivity contribution in [1.29, 1.82) is 5.26 Å². The number of hydrogen-bond donors (Lipinski definition) is 1. The lowest BCUT2D eigenvalue weighted by atomic mass is 9.96. The van der Waals surface area contributed by atoms with Crippen LogP contribution in [0.5, 0.6) is 0 Å². The third-order valence-corrected chi connectivity index (χ3v) is 5.75. The number of sulfonamides is 1. The summed E-state index contributed by atoms with van der Waals surface area (Å²) in [5.41, 5.74) is 0.959. The van der Waals surface area contributed by atoms with Crippen LogP contribution in [0.25, 0.3) is 0 Å². The summed E-state index contributed by atoms with van der Waals surface area (Å²) in [5, 5.41) is 8.73. The van der Waals surface area contributed by atoms with Crippen molar-refractivity contribution in [2.75, 3.05) is 0 Å². The van der Waals surface area contributed by atoms with Crippen LogP contribution in [-0.2, 0) is 10.0 Å². The van der Waals surface area contributed by atoms with E-state index >= 15 is 0 Å². The number of nitrogens with zero attached hydrogens (tertiary/aromatic N) is 1. The summed E-state index contributed by atoms with van der Waals surface area (Å²) in [6.45, 7) is 1.72. The number of nitriles is 1. The molecule has 0 heterocycles. The number of rotatable bonds is 3. The van der Waals surface area contributed by atoms with Gasteiger partial charge in [0.25, 0.3) is 0 Å². The molecule has 0 aromatic heterocycles. The summed E-state index contributed by atoms with van der Waals surface area (Å²) in [7, 11) is -3.64. The van der Waals surface area contributed by atoms with E-state index in [1.807, 2.05) is 6.07 Å². The molecule has 1 aliphatic carbocycles. The molecule has 0 amide bonds. The quantitative estimate of drug-likeness (QED) is 0.872. The molecule has 1 N–H and O–H groups in total. The smallest absolute Gasteiger partial charge is 0.207 e. The minimum atomic E-state index is -3.64. The summed E-state index contributed by atoms with van der Waals surface area (Å²) in [6.07, 6.45) is 3.60. The van der Waals surface area contributed by atoms with E-state index in [0.29, 0.717) is 11.1 Å². The van der Waals surface area contributed by atoms with Gasteiger partial charge >= 0.3 is 0 Å². The van der Waals surface area contributed by atoms with Crippen LogP contribution in [-0.4, -0.2) is 19.8 Å². The molecule has 1 saturated carbocycles. The summed E-state index contributed by atoms with van der Waals surface area (Å²) < 4.78 is 27.6. The van der Waals surface area contributed by atoms with Crippen molar-refractivity contribution in [2.24, 2.45) is 0 Å². The molecule has 4 nitrogen and oxygen atoms in total. The minimum absolute atomic E-state index is 0.158. The Morgan fingerprint density at radius 2 is 2.05 bits per heavy atom. The Hall–Kier alpha value is -1.09.